The zero-order valence-electron chi connectivity index (χ0n) is 14.3. The van der Waals surface area contributed by atoms with Crippen molar-refractivity contribution in [2.24, 2.45) is 17.3 Å². The van der Waals surface area contributed by atoms with E-state index in [0.717, 1.165) is 32.2 Å². The molecular formula is C17H30N2O3. The Morgan fingerprint density at radius 1 is 1.18 bits per heavy atom. The molecule has 2 rings (SSSR count). The lowest BCUT2D eigenvalue weighted by atomic mass is 9.89. The molecule has 2 amide bonds. The number of aliphatic hydroxyl groups is 1. The predicted molar refractivity (Wildman–Crippen MR) is 85.1 cm³/mol. The molecule has 0 bridgehead atoms. The lowest BCUT2D eigenvalue weighted by Gasteiger charge is -2.37. The maximum absolute atomic E-state index is 12.6. The second-order valence-corrected chi connectivity index (χ2v) is 8.18. The Hall–Kier alpha value is -1.10. The molecule has 0 aromatic rings. The van der Waals surface area contributed by atoms with Gasteiger partial charge in [-0.3, -0.25) is 9.59 Å². The van der Waals surface area contributed by atoms with Crippen LogP contribution in [0.15, 0.2) is 0 Å². The minimum absolute atomic E-state index is 0.0186. The van der Waals surface area contributed by atoms with Gasteiger partial charge in [-0.15, -0.1) is 0 Å². The van der Waals surface area contributed by atoms with Gasteiger partial charge in [0.15, 0.2) is 0 Å². The van der Waals surface area contributed by atoms with Gasteiger partial charge in [0.2, 0.25) is 11.8 Å². The number of nitrogens with zero attached hydrogens (tertiary/aromatic N) is 1. The molecule has 2 unspecified atom stereocenters. The quantitative estimate of drug-likeness (QED) is 0.828. The van der Waals surface area contributed by atoms with Crippen molar-refractivity contribution >= 4 is 11.8 Å². The monoisotopic (exact) mass is 310 g/mol. The van der Waals surface area contributed by atoms with Crippen LogP contribution >= 0.6 is 0 Å². The van der Waals surface area contributed by atoms with Crippen LogP contribution in [0.3, 0.4) is 0 Å². The molecule has 1 saturated heterocycles. The largest absolute Gasteiger partial charge is 0.394 e. The van der Waals surface area contributed by atoms with Crippen LogP contribution in [0, 0.1) is 17.3 Å². The second-order valence-electron chi connectivity index (χ2n) is 8.18. The van der Waals surface area contributed by atoms with E-state index < -0.39 is 11.0 Å². The third-order valence-electron chi connectivity index (χ3n) is 4.94. The van der Waals surface area contributed by atoms with Gasteiger partial charge in [-0.1, -0.05) is 20.8 Å². The first kappa shape index (κ1) is 17.3. The van der Waals surface area contributed by atoms with Crippen molar-refractivity contribution in [2.75, 3.05) is 19.7 Å². The highest BCUT2D eigenvalue weighted by Gasteiger charge is 2.43. The molecule has 1 aliphatic carbocycles. The molecule has 5 nitrogen and oxygen atoms in total. The van der Waals surface area contributed by atoms with Crippen molar-refractivity contribution in [1.82, 2.24) is 10.2 Å². The Labute approximate surface area is 133 Å². The maximum Gasteiger partial charge on any atom is 0.227 e. The van der Waals surface area contributed by atoms with E-state index in [4.69, 9.17) is 0 Å². The number of likely N-dealkylation sites (tertiary alicyclic amines) is 1. The van der Waals surface area contributed by atoms with Gasteiger partial charge in [-0.2, -0.15) is 0 Å². The summed E-state index contributed by atoms with van der Waals surface area (Å²) in [7, 11) is 0. The number of piperidine rings is 1. The number of hydrogen-bond donors (Lipinski definition) is 2. The summed E-state index contributed by atoms with van der Waals surface area (Å²) in [6.07, 6.45) is 3.80. The van der Waals surface area contributed by atoms with Gasteiger partial charge in [-0.05, 0) is 38.5 Å². The zero-order valence-corrected chi connectivity index (χ0v) is 14.3. The highest BCUT2D eigenvalue weighted by atomic mass is 16.3. The summed E-state index contributed by atoms with van der Waals surface area (Å²) in [6.45, 7) is 8.86. The first-order valence-corrected chi connectivity index (χ1v) is 8.39. The van der Waals surface area contributed by atoms with Crippen LogP contribution in [0.2, 0.25) is 0 Å². The molecule has 1 aliphatic heterocycles. The van der Waals surface area contributed by atoms with Gasteiger partial charge in [0, 0.05) is 18.5 Å². The van der Waals surface area contributed by atoms with E-state index in [9.17, 15) is 14.7 Å². The normalized spacial score (nSPS) is 25.5. The van der Waals surface area contributed by atoms with Crippen LogP contribution in [-0.2, 0) is 9.59 Å². The third-order valence-corrected chi connectivity index (χ3v) is 4.94. The first-order valence-electron chi connectivity index (χ1n) is 8.39. The molecule has 0 aromatic carbocycles. The average molecular weight is 310 g/mol. The topological polar surface area (TPSA) is 69.6 Å². The molecular weight excluding hydrogens is 280 g/mol. The smallest absolute Gasteiger partial charge is 0.227 e. The van der Waals surface area contributed by atoms with Gasteiger partial charge in [0.05, 0.1) is 18.1 Å². The molecule has 0 radical (unpaired) electrons. The summed E-state index contributed by atoms with van der Waals surface area (Å²) in [5.41, 5.74) is -0.917. The van der Waals surface area contributed by atoms with Gasteiger partial charge in [-0.25, -0.2) is 0 Å². The summed E-state index contributed by atoms with van der Waals surface area (Å²) < 4.78 is 0. The SMILES string of the molecule is CC(C)(C)C(=O)N1CCCC(C(=O)NC(C)(CO)C2CC2)C1. The van der Waals surface area contributed by atoms with Crippen LogP contribution in [0.4, 0.5) is 0 Å². The van der Waals surface area contributed by atoms with Crippen molar-refractivity contribution in [1.29, 1.82) is 0 Å². The number of amides is 2. The molecule has 22 heavy (non-hydrogen) atoms. The Balaban J connectivity index is 1.97. The summed E-state index contributed by atoms with van der Waals surface area (Å²) in [5, 5.41) is 12.7. The average Bonchev–Trinajstić information content (AvgIpc) is 3.30. The van der Waals surface area contributed by atoms with Crippen LogP contribution in [-0.4, -0.2) is 47.1 Å². The molecule has 2 N–H and O–H groups in total. The molecule has 1 saturated carbocycles. The number of aliphatic hydroxyl groups excluding tert-OH is 1. The fraction of sp³-hybridized carbons (Fsp3) is 0.882. The number of carbonyl (C=O) groups is 2. The van der Waals surface area contributed by atoms with Gasteiger partial charge < -0.3 is 15.3 Å². The van der Waals surface area contributed by atoms with Crippen LogP contribution < -0.4 is 5.32 Å². The number of hydrogen-bond acceptors (Lipinski definition) is 3. The predicted octanol–water partition coefficient (Wildman–Crippen LogP) is 1.55. The fourth-order valence-electron chi connectivity index (χ4n) is 3.22. The minimum atomic E-state index is -0.507. The van der Waals surface area contributed by atoms with E-state index in [1.165, 1.54) is 0 Å². The molecule has 0 spiro atoms. The molecule has 1 heterocycles. The number of nitrogens with one attached hydrogen (secondary N) is 1. The summed E-state index contributed by atoms with van der Waals surface area (Å²) in [6, 6.07) is 0. The molecule has 126 valence electrons. The van der Waals surface area contributed by atoms with Crippen molar-refractivity contribution in [3.05, 3.63) is 0 Å². The van der Waals surface area contributed by atoms with Crippen molar-refractivity contribution in [3.63, 3.8) is 0 Å². The summed E-state index contributed by atoms with van der Waals surface area (Å²) >= 11 is 0. The number of rotatable bonds is 4. The van der Waals surface area contributed by atoms with Gasteiger partial charge >= 0.3 is 0 Å². The van der Waals surface area contributed by atoms with Gasteiger partial charge in [0.25, 0.3) is 0 Å². The van der Waals surface area contributed by atoms with Gasteiger partial charge in [0.1, 0.15) is 0 Å². The highest BCUT2D eigenvalue weighted by molar-refractivity contribution is 5.84. The fourth-order valence-corrected chi connectivity index (χ4v) is 3.22. The van der Waals surface area contributed by atoms with Crippen LogP contribution in [0.25, 0.3) is 0 Å². The Morgan fingerprint density at radius 3 is 2.32 bits per heavy atom. The van der Waals surface area contributed by atoms with E-state index in [1.807, 2.05) is 32.6 Å². The standard InChI is InChI=1S/C17H30N2O3/c1-16(2,3)15(22)19-9-5-6-12(10-19)14(21)18-17(4,11-20)13-7-8-13/h12-13,20H,5-11H2,1-4H3,(H,18,21). The first-order chi connectivity index (χ1) is 10.2. The maximum atomic E-state index is 12.6. The van der Waals surface area contributed by atoms with E-state index in [1.54, 1.807) is 0 Å². The molecule has 2 aliphatic rings. The second kappa shape index (κ2) is 6.19. The molecule has 0 aromatic heterocycles. The van der Waals surface area contributed by atoms with Crippen molar-refractivity contribution in [2.45, 2.75) is 58.9 Å². The van der Waals surface area contributed by atoms with Crippen LogP contribution in [0.1, 0.15) is 53.4 Å². The minimum Gasteiger partial charge on any atom is -0.394 e. The Morgan fingerprint density at radius 2 is 1.82 bits per heavy atom. The molecule has 2 atom stereocenters. The third kappa shape index (κ3) is 3.80. The van der Waals surface area contributed by atoms with E-state index in [-0.39, 0.29) is 24.3 Å². The van der Waals surface area contributed by atoms with E-state index in [0.29, 0.717) is 12.5 Å². The Kier molecular flexibility index (Phi) is 4.85. The number of carbonyl (C=O) groups excluding carboxylic acids is 2. The van der Waals surface area contributed by atoms with E-state index >= 15 is 0 Å². The zero-order chi connectivity index (χ0) is 16.5. The summed E-state index contributed by atoms with van der Waals surface area (Å²) in [5.74, 6) is 0.314. The lowest BCUT2D eigenvalue weighted by molar-refractivity contribution is -0.143. The molecule has 2 fully saturated rings. The Bertz CT molecular complexity index is 440. The summed E-state index contributed by atoms with van der Waals surface area (Å²) in [4.78, 5) is 26.8. The molecule has 5 heteroatoms. The van der Waals surface area contributed by atoms with Crippen molar-refractivity contribution < 1.29 is 14.7 Å². The van der Waals surface area contributed by atoms with Crippen LogP contribution in [0.5, 0.6) is 0 Å². The van der Waals surface area contributed by atoms with E-state index in [2.05, 4.69) is 5.32 Å². The highest BCUT2D eigenvalue weighted by Crippen LogP contribution is 2.39. The van der Waals surface area contributed by atoms with Crippen molar-refractivity contribution in [3.8, 4) is 0 Å². The lowest BCUT2D eigenvalue weighted by Crippen LogP contribution is -2.55.